The summed E-state index contributed by atoms with van der Waals surface area (Å²) in [4.78, 5) is 22.6. The second-order valence-electron chi connectivity index (χ2n) is 4.22. The van der Waals surface area contributed by atoms with Crippen molar-refractivity contribution in [2.24, 2.45) is 0 Å². The molecule has 7 heteroatoms. The van der Waals surface area contributed by atoms with Crippen molar-refractivity contribution < 1.29 is 19.4 Å². The number of hydrogen-bond acceptors (Lipinski definition) is 6. The third-order valence-corrected chi connectivity index (χ3v) is 4.91. The van der Waals surface area contributed by atoms with Crippen LogP contribution in [-0.4, -0.2) is 58.7 Å². The molecule has 0 aliphatic heterocycles. The van der Waals surface area contributed by atoms with Crippen molar-refractivity contribution in [3.63, 3.8) is 0 Å². The topological polar surface area (TPSA) is 75.6 Å². The molecule has 0 aromatic rings. The molecule has 0 amide bonds. The van der Waals surface area contributed by atoms with Gasteiger partial charge in [0.25, 0.3) is 0 Å². The first kappa shape index (κ1) is 19.6. The minimum absolute atomic E-state index is 0.301. The standard InChI is InChI=1S/C13H25NO4S2/c1-4-6-19-7-8-20-9-11(13(17)18-5-2)14-10(3)12(15)16/h10-11,14H,4-9H2,1-3H3,(H,15,16)/t10-,11?/m0/s1. The first-order valence-corrected chi connectivity index (χ1v) is 9.14. The van der Waals surface area contributed by atoms with E-state index in [0.717, 1.165) is 17.3 Å². The van der Waals surface area contributed by atoms with E-state index in [9.17, 15) is 9.59 Å². The highest BCUT2D eigenvalue weighted by atomic mass is 32.2. The molecule has 0 bridgehead atoms. The number of carboxylic acid groups (broad SMARTS) is 1. The molecule has 5 nitrogen and oxygen atoms in total. The summed E-state index contributed by atoms with van der Waals surface area (Å²) in [5.41, 5.74) is 0. The Bertz CT molecular complexity index is 290. The summed E-state index contributed by atoms with van der Waals surface area (Å²) in [5.74, 6) is 2.32. The first-order chi connectivity index (χ1) is 9.52. The van der Waals surface area contributed by atoms with E-state index >= 15 is 0 Å². The maximum atomic E-state index is 11.8. The van der Waals surface area contributed by atoms with Crippen LogP contribution in [0.15, 0.2) is 0 Å². The van der Waals surface area contributed by atoms with Crippen molar-refractivity contribution in [1.29, 1.82) is 0 Å². The molecule has 0 saturated heterocycles. The van der Waals surface area contributed by atoms with Crippen LogP contribution in [0.5, 0.6) is 0 Å². The summed E-state index contributed by atoms with van der Waals surface area (Å²) < 4.78 is 4.97. The van der Waals surface area contributed by atoms with Gasteiger partial charge in [-0.1, -0.05) is 6.92 Å². The largest absolute Gasteiger partial charge is 0.480 e. The molecule has 2 N–H and O–H groups in total. The average molecular weight is 323 g/mol. The zero-order valence-corrected chi connectivity index (χ0v) is 14.0. The molecule has 1 unspecified atom stereocenters. The Morgan fingerprint density at radius 1 is 1.20 bits per heavy atom. The summed E-state index contributed by atoms with van der Waals surface area (Å²) in [6.45, 7) is 5.71. The van der Waals surface area contributed by atoms with E-state index in [0.29, 0.717) is 12.4 Å². The zero-order valence-electron chi connectivity index (χ0n) is 12.4. The molecule has 0 spiro atoms. The number of carbonyl (C=O) groups excluding carboxylic acids is 1. The SMILES string of the molecule is CCCSCCSCC(N[C@@H](C)C(=O)O)C(=O)OCC. The Hall–Kier alpha value is -0.400. The van der Waals surface area contributed by atoms with E-state index in [1.165, 1.54) is 13.3 Å². The van der Waals surface area contributed by atoms with Crippen LogP contribution < -0.4 is 5.32 Å². The Morgan fingerprint density at radius 3 is 2.40 bits per heavy atom. The number of hydrogen-bond donors (Lipinski definition) is 2. The van der Waals surface area contributed by atoms with Gasteiger partial charge in [-0.2, -0.15) is 23.5 Å². The molecular weight excluding hydrogens is 298 g/mol. The summed E-state index contributed by atoms with van der Waals surface area (Å²) in [7, 11) is 0. The normalized spacial score (nSPS) is 13.8. The molecule has 0 saturated carbocycles. The number of nitrogens with one attached hydrogen (secondary N) is 1. The molecule has 20 heavy (non-hydrogen) atoms. The molecule has 0 aliphatic carbocycles. The van der Waals surface area contributed by atoms with Crippen LogP contribution in [0.2, 0.25) is 0 Å². The van der Waals surface area contributed by atoms with Crippen molar-refractivity contribution in [1.82, 2.24) is 5.32 Å². The summed E-state index contributed by atoms with van der Waals surface area (Å²) >= 11 is 3.53. The van der Waals surface area contributed by atoms with Crippen molar-refractivity contribution in [3.05, 3.63) is 0 Å². The fourth-order valence-electron chi connectivity index (χ4n) is 1.37. The average Bonchev–Trinajstić information content (AvgIpc) is 2.41. The second-order valence-corrected chi connectivity index (χ2v) is 6.59. The number of aliphatic carboxylic acids is 1. The Kier molecular flexibility index (Phi) is 12.1. The lowest BCUT2D eigenvalue weighted by molar-refractivity contribution is -0.146. The number of esters is 1. The van der Waals surface area contributed by atoms with Crippen LogP contribution in [-0.2, 0) is 14.3 Å². The Morgan fingerprint density at radius 2 is 1.85 bits per heavy atom. The van der Waals surface area contributed by atoms with E-state index in [-0.39, 0.29) is 5.97 Å². The van der Waals surface area contributed by atoms with Crippen LogP contribution >= 0.6 is 23.5 Å². The lowest BCUT2D eigenvalue weighted by Gasteiger charge is -2.19. The fraction of sp³-hybridized carbons (Fsp3) is 0.846. The number of rotatable bonds is 12. The molecule has 0 aromatic carbocycles. The van der Waals surface area contributed by atoms with E-state index in [2.05, 4.69) is 12.2 Å². The molecule has 0 heterocycles. The molecule has 2 atom stereocenters. The molecule has 0 aromatic heterocycles. The highest BCUT2D eigenvalue weighted by Gasteiger charge is 2.24. The predicted octanol–water partition coefficient (Wildman–Crippen LogP) is 1.86. The lowest BCUT2D eigenvalue weighted by atomic mass is 10.2. The minimum Gasteiger partial charge on any atom is -0.480 e. The summed E-state index contributed by atoms with van der Waals surface area (Å²) in [6, 6.07) is -1.33. The van der Waals surface area contributed by atoms with E-state index in [1.54, 1.807) is 18.7 Å². The second kappa shape index (κ2) is 12.3. The van der Waals surface area contributed by atoms with Crippen molar-refractivity contribution >= 4 is 35.5 Å². The minimum atomic E-state index is -0.970. The molecule has 118 valence electrons. The summed E-state index contributed by atoms with van der Waals surface area (Å²) in [5, 5.41) is 11.7. The highest BCUT2D eigenvalue weighted by molar-refractivity contribution is 8.02. The van der Waals surface area contributed by atoms with Crippen LogP contribution in [0.1, 0.15) is 27.2 Å². The van der Waals surface area contributed by atoms with Gasteiger partial charge in [0.05, 0.1) is 6.61 Å². The number of thioether (sulfide) groups is 2. The Labute approximate surface area is 129 Å². The van der Waals surface area contributed by atoms with Gasteiger partial charge < -0.3 is 9.84 Å². The molecule has 0 aliphatic rings. The van der Waals surface area contributed by atoms with Crippen molar-refractivity contribution in [3.8, 4) is 0 Å². The third-order valence-electron chi connectivity index (χ3n) is 2.40. The number of ether oxygens (including phenoxy) is 1. The lowest BCUT2D eigenvalue weighted by Crippen LogP contribution is -2.47. The fourth-order valence-corrected chi connectivity index (χ4v) is 3.44. The van der Waals surface area contributed by atoms with Crippen LogP contribution in [0, 0.1) is 0 Å². The van der Waals surface area contributed by atoms with E-state index in [1.807, 2.05) is 11.8 Å². The molecule has 0 fully saturated rings. The maximum Gasteiger partial charge on any atom is 0.324 e. The highest BCUT2D eigenvalue weighted by Crippen LogP contribution is 2.10. The first-order valence-electron chi connectivity index (χ1n) is 6.83. The summed E-state index contributed by atoms with van der Waals surface area (Å²) in [6.07, 6.45) is 1.17. The smallest absolute Gasteiger partial charge is 0.324 e. The quantitative estimate of drug-likeness (QED) is 0.419. The monoisotopic (exact) mass is 323 g/mol. The van der Waals surface area contributed by atoms with Gasteiger partial charge in [0, 0.05) is 17.3 Å². The Balaban J connectivity index is 4.11. The van der Waals surface area contributed by atoms with Gasteiger partial charge in [0.15, 0.2) is 0 Å². The van der Waals surface area contributed by atoms with E-state index in [4.69, 9.17) is 9.84 Å². The van der Waals surface area contributed by atoms with Crippen LogP contribution in [0.4, 0.5) is 0 Å². The number of carboxylic acids is 1. The van der Waals surface area contributed by atoms with Crippen molar-refractivity contribution in [2.75, 3.05) is 29.6 Å². The van der Waals surface area contributed by atoms with E-state index < -0.39 is 18.1 Å². The van der Waals surface area contributed by atoms with Gasteiger partial charge in [-0.15, -0.1) is 0 Å². The predicted molar refractivity (Wildman–Crippen MR) is 85.6 cm³/mol. The van der Waals surface area contributed by atoms with Gasteiger partial charge in [-0.3, -0.25) is 14.9 Å². The number of carbonyl (C=O) groups is 2. The van der Waals surface area contributed by atoms with Gasteiger partial charge in [0.1, 0.15) is 12.1 Å². The van der Waals surface area contributed by atoms with Gasteiger partial charge in [-0.05, 0) is 26.0 Å². The van der Waals surface area contributed by atoms with Gasteiger partial charge in [0.2, 0.25) is 0 Å². The maximum absolute atomic E-state index is 11.8. The van der Waals surface area contributed by atoms with Gasteiger partial charge >= 0.3 is 11.9 Å². The molecular formula is C13H25NO4S2. The third kappa shape index (κ3) is 9.50. The molecule has 0 radical (unpaired) electrons. The van der Waals surface area contributed by atoms with Crippen LogP contribution in [0.25, 0.3) is 0 Å². The van der Waals surface area contributed by atoms with Crippen LogP contribution in [0.3, 0.4) is 0 Å². The zero-order chi connectivity index (χ0) is 15.4. The molecule has 0 rings (SSSR count). The van der Waals surface area contributed by atoms with Crippen molar-refractivity contribution in [2.45, 2.75) is 39.3 Å². The van der Waals surface area contributed by atoms with Gasteiger partial charge in [-0.25, -0.2) is 0 Å².